The van der Waals surface area contributed by atoms with Gasteiger partial charge in [-0.05, 0) is 77.9 Å². The molecule has 4 aromatic rings. The maximum absolute atomic E-state index is 14.4. The number of thioether (sulfide) groups is 3. The van der Waals surface area contributed by atoms with Gasteiger partial charge in [-0.3, -0.25) is 15.0 Å². The second-order valence-corrected chi connectivity index (χ2v) is 26.4. The summed E-state index contributed by atoms with van der Waals surface area (Å²) < 4.78 is 165. The average molecular weight is 1390 g/mol. The monoisotopic (exact) mass is 1380 g/mol. The molecule has 0 radical (unpaired) electrons. The number of alkyl halides is 9. The maximum atomic E-state index is 14.4. The number of hydrogen-bond donors (Lipinski definition) is 4. The zero-order valence-corrected chi connectivity index (χ0v) is 55.4. The minimum Gasteiger partial charge on any atom is -0.497 e. The van der Waals surface area contributed by atoms with Crippen LogP contribution in [0.15, 0.2) is 153 Å². The Morgan fingerprint density at radius 1 is 0.447 bits per heavy atom. The topological polar surface area (TPSA) is 192 Å². The third-order valence-corrected chi connectivity index (χ3v) is 19.9. The fourth-order valence-electron chi connectivity index (χ4n) is 10.9. The summed E-state index contributed by atoms with van der Waals surface area (Å²) in [6, 6.07) is 27.9. The molecule has 10 rings (SSSR count). The molecule has 6 aliphatic rings. The van der Waals surface area contributed by atoms with Crippen LogP contribution in [-0.2, 0) is 44.8 Å². The molecule has 0 amide bonds. The summed E-state index contributed by atoms with van der Waals surface area (Å²) in [7, 11) is 15.2. The Kier molecular flexibility index (Phi) is 25.1. The fraction of sp³-hybridized carbons (Fsp3) is 0.492. The first kappa shape index (κ1) is 73.8. The minimum absolute atomic E-state index is 0.0117. The third kappa shape index (κ3) is 18.4. The van der Waals surface area contributed by atoms with Crippen LogP contribution in [0.5, 0.6) is 17.2 Å². The molecule has 0 aromatic heterocycles. The van der Waals surface area contributed by atoms with Gasteiger partial charge in [-0.1, -0.05) is 127 Å². The van der Waals surface area contributed by atoms with Gasteiger partial charge in [0, 0.05) is 48.2 Å². The normalized spacial score (nSPS) is 28.6. The quantitative estimate of drug-likeness (QED) is 0.0649. The Bertz CT molecular complexity index is 3190. The second kappa shape index (κ2) is 31.9. The minimum atomic E-state index is -4.72. The van der Waals surface area contributed by atoms with Crippen molar-refractivity contribution in [2.75, 3.05) is 63.6 Å². The summed E-state index contributed by atoms with van der Waals surface area (Å²) in [5.41, 5.74) is -1.89. The van der Waals surface area contributed by atoms with Crippen LogP contribution >= 0.6 is 35.3 Å². The summed E-state index contributed by atoms with van der Waals surface area (Å²) in [6.07, 6.45) is -22.2. The number of fused-ring (bicyclic) bond motifs is 3. The number of hydrogen-bond acceptors (Lipinski definition) is 20. The van der Waals surface area contributed by atoms with Crippen molar-refractivity contribution < 1.29 is 93.1 Å². The lowest BCUT2D eigenvalue weighted by Crippen LogP contribution is -2.56. The van der Waals surface area contributed by atoms with Gasteiger partial charge in [-0.15, -0.1) is 0 Å². The van der Waals surface area contributed by atoms with Gasteiger partial charge in [-0.2, -0.15) is 39.5 Å². The van der Waals surface area contributed by atoms with Crippen molar-refractivity contribution in [3.05, 3.63) is 160 Å². The van der Waals surface area contributed by atoms with Gasteiger partial charge in [-0.25, -0.2) is 0 Å². The van der Waals surface area contributed by atoms with E-state index in [0.29, 0.717) is 45.3 Å². The standard InChI is InChI=1S/C27H31F3N2O3S.2C19H23F3N2O4S/c1-17-23(21(27(28,29)30)15-12-18-10-13-20(33-4)14-11-18)35-25-22(31-26(36-25)32(2)3)24(17)34-16-19-8-6-5-7-9-19;2*1-24(2)18-23-13-14(25)15(26)16(28-17(13)29-18)12(19(20,21)22)9-6-10-4-7-11(27-3)8-5-10/h5-11,13-15,17,22-25H,12,16H2,1-4H3;2*4-5,7-9,13-17,25-26H,6H2,1-3H3/b;12-9+;12-9-/t17-,22-,23+,24+,25-;2*13-,14-,15+,16-,17-/m111/s1. The first-order valence-corrected chi connectivity index (χ1v) is 32.3. The first-order chi connectivity index (χ1) is 44.4. The molecule has 6 heterocycles. The van der Waals surface area contributed by atoms with Crippen molar-refractivity contribution in [3.8, 4) is 17.2 Å². The van der Waals surface area contributed by atoms with Crippen molar-refractivity contribution in [2.45, 2.75) is 135 Å². The van der Waals surface area contributed by atoms with Crippen molar-refractivity contribution in [1.29, 1.82) is 0 Å². The van der Waals surface area contributed by atoms with Crippen molar-refractivity contribution >= 4 is 50.8 Å². The van der Waals surface area contributed by atoms with E-state index in [9.17, 15) is 59.9 Å². The predicted octanol–water partition coefficient (Wildman–Crippen LogP) is 10.1. The molecule has 3 fully saturated rings. The van der Waals surface area contributed by atoms with E-state index in [4.69, 9.17) is 38.2 Å². The van der Waals surface area contributed by atoms with Gasteiger partial charge >= 0.3 is 18.5 Å². The number of benzene rings is 4. The highest BCUT2D eigenvalue weighted by atomic mass is 32.2. The molecule has 514 valence electrons. The number of aliphatic hydroxyl groups is 4. The first-order valence-electron chi connectivity index (χ1n) is 29.7. The maximum Gasteiger partial charge on any atom is 0.414 e. The fourth-order valence-corrected chi connectivity index (χ4v) is 14.3. The van der Waals surface area contributed by atoms with Crippen LogP contribution in [0.3, 0.4) is 0 Å². The number of rotatable bonds is 15. The average Bonchev–Trinajstić information content (AvgIpc) is 1.54. The Labute approximate surface area is 552 Å². The molecule has 0 unspecified atom stereocenters. The van der Waals surface area contributed by atoms with Crippen LogP contribution in [0, 0.1) is 5.92 Å². The van der Waals surface area contributed by atoms with E-state index in [-0.39, 0.29) is 19.3 Å². The van der Waals surface area contributed by atoms with Gasteiger partial charge < -0.3 is 68.3 Å². The van der Waals surface area contributed by atoms with E-state index in [2.05, 4.69) is 9.98 Å². The van der Waals surface area contributed by atoms with E-state index in [0.717, 1.165) is 52.0 Å². The number of aliphatic imine (C=N–C) groups is 3. The Morgan fingerprint density at radius 3 is 1.07 bits per heavy atom. The van der Waals surface area contributed by atoms with Crippen LogP contribution in [0.4, 0.5) is 39.5 Å². The lowest BCUT2D eigenvalue weighted by molar-refractivity contribution is -0.171. The molecule has 6 aliphatic heterocycles. The summed E-state index contributed by atoms with van der Waals surface area (Å²) in [5, 5.41) is 43.3. The highest BCUT2D eigenvalue weighted by Gasteiger charge is 2.57. The van der Waals surface area contributed by atoms with Crippen LogP contribution in [0.2, 0.25) is 0 Å². The van der Waals surface area contributed by atoms with E-state index in [1.54, 1.807) is 125 Å². The molecule has 4 aromatic carbocycles. The Hall–Kier alpha value is -5.99. The third-order valence-electron chi connectivity index (χ3n) is 16.0. The zero-order valence-electron chi connectivity index (χ0n) is 53.0. The van der Waals surface area contributed by atoms with Gasteiger partial charge in [0.1, 0.15) is 88.3 Å². The molecule has 0 aliphatic carbocycles. The molecule has 94 heavy (non-hydrogen) atoms. The number of halogens is 9. The highest BCUT2D eigenvalue weighted by molar-refractivity contribution is 8.15. The van der Waals surface area contributed by atoms with Crippen molar-refractivity contribution in [3.63, 3.8) is 0 Å². The van der Waals surface area contributed by atoms with E-state index >= 15 is 0 Å². The Balaban J connectivity index is 0.000000183. The molecule has 3 saturated heterocycles. The van der Waals surface area contributed by atoms with Crippen molar-refractivity contribution in [1.82, 2.24) is 14.7 Å². The predicted molar refractivity (Wildman–Crippen MR) is 344 cm³/mol. The van der Waals surface area contributed by atoms with Crippen molar-refractivity contribution in [2.24, 2.45) is 20.9 Å². The molecule has 0 saturated carbocycles. The van der Waals surface area contributed by atoms with Gasteiger partial charge in [0.15, 0.2) is 15.5 Å². The number of ether oxygens (including phenoxy) is 7. The Morgan fingerprint density at radius 2 is 0.755 bits per heavy atom. The lowest BCUT2D eigenvalue weighted by atomic mass is 9.85. The molecule has 4 N–H and O–H groups in total. The second-order valence-electron chi connectivity index (χ2n) is 23.2. The van der Waals surface area contributed by atoms with Crippen LogP contribution in [0.1, 0.15) is 29.2 Å². The van der Waals surface area contributed by atoms with Gasteiger partial charge in [0.05, 0.1) is 56.9 Å². The number of methoxy groups -OCH3 is 3. The van der Waals surface area contributed by atoms with Crippen LogP contribution in [0.25, 0.3) is 0 Å². The van der Waals surface area contributed by atoms with Gasteiger partial charge in [0.2, 0.25) is 0 Å². The molecular weight excluding hydrogens is 1310 g/mol. The molecule has 0 spiro atoms. The number of allylic oxidation sites excluding steroid dienone is 3. The van der Waals surface area contributed by atoms with E-state index < -0.39 is 124 Å². The largest absolute Gasteiger partial charge is 0.497 e. The van der Waals surface area contributed by atoms with E-state index in [1.807, 2.05) is 49.3 Å². The zero-order chi connectivity index (χ0) is 68.6. The van der Waals surface area contributed by atoms with Crippen LogP contribution in [-0.4, -0.2) is 216 Å². The SMILES string of the molecule is COc1ccc(C/C=C(/[C@H]2O[C@@H]3SC(N(C)C)=N[C@@H]3[C@@H](O)[C@@H]2O)C(F)(F)F)cc1.COc1ccc(C/C=C(\[C@H]2O[C@@H]3SC(N(C)C)=N[C@@H]3[C@@H](O)[C@@H]2O)C(F)(F)F)cc1.COc1ccc(CC=C([C@H]2O[C@@H]3SC(N(C)C)=N[C@@H]3[C@@H](OCc3ccccc3)[C@@H]2C)C(F)(F)F)cc1. The molecule has 0 bridgehead atoms. The van der Waals surface area contributed by atoms with E-state index in [1.165, 1.54) is 32.1 Å². The summed E-state index contributed by atoms with van der Waals surface area (Å²) >= 11 is 3.61. The summed E-state index contributed by atoms with van der Waals surface area (Å²) in [4.78, 5) is 18.5. The molecular formula is C65H77F9N6O11S3. The lowest BCUT2D eigenvalue weighted by Gasteiger charge is -2.42. The molecule has 29 heteroatoms. The number of aliphatic hydroxyl groups excluding tert-OH is 4. The number of amidine groups is 3. The van der Waals surface area contributed by atoms with Crippen LogP contribution < -0.4 is 14.2 Å². The molecule has 15 atom stereocenters. The molecule has 17 nitrogen and oxygen atoms in total. The van der Waals surface area contributed by atoms with Gasteiger partial charge in [0.25, 0.3) is 0 Å². The highest BCUT2D eigenvalue weighted by Crippen LogP contribution is 2.47. The number of nitrogens with zero attached hydrogens (tertiary/aromatic N) is 6. The summed E-state index contributed by atoms with van der Waals surface area (Å²) in [5.74, 6) is 1.29. The smallest absolute Gasteiger partial charge is 0.414 e. The summed E-state index contributed by atoms with van der Waals surface area (Å²) in [6.45, 7) is 2.05.